The van der Waals surface area contributed by atoms with E-state index < -0.39 is 23.8 Å². The maximum absolute atomic E-state index is 11.9. The standard InChI is InChI=1S/C11H14N4O4/c1-6-7(4-13-5-14-6)10(17)15-8(11(18)19)2-3-9(12)16/h4-5,8H,2-3H2,1H3,(H2,12,16)(H,15,17)(H,18,19)/t8-/m0/s1. The summed E-state index contributed by atoms with van der Waals surface area (Å²) in [6.07, 6.45) is 2.39. The van der Waals surface area contributed by atoms with Gasteiger partial charge in [-0.3, -0.25) is 9.59 Å². The Morgan fingerprint density at radius 1 is 1.47 bits per heavy atom. The fourth-order valence-electron chi connectivity index (χ4n) is 1.39. The molecule has 0 aliphatic heterocycles. The SMILES string of the molecule is Cc1ncncc1C(=O)N[C@@H](CCC(N)=O)C(=O)O. The predicted molar refractivity (Wildman–Crippen MR) is 64.1 cm³/mol. The number of hydrogen-bond acceptors (Lipinski definition) is 5. The molecule has 1 heterocycles. The van der Waals surface area contributed by atoms with Gasteiger partial charge in [0.1, 0.15) is 12.4 Å². The first-order chi connectivity index (χ1) is 8.91. The van der Waals surface area contributed by atoms with Crippen LogP contribution in [-0.4, -0.2) is 38.9 Å². The number of hydrogen-bond donors (Lipinski definition) is 3. The third-order valence-corrected chi connectivity index (χ3v) is 2.44. The van der Waals surface area contributed by atoms with Crippen LogP contribution in [0.4, 0.5) is 0 Å². The van der Waals surface area contributed by atoms with Gasteiger partial charge in [0.15, 0.2) is 0 Å². The van der Waals surface area contributed by atoms with E-state index in [0.717, 1.165) is 0 Å². The Bertz CT molecular complexity index is 503. The summed E-state index contributed by atoms with van der Waals surface area (Å²) in [6.45, 7) is 1.61. The summed E-state index contributed by atoms with van der Waals surface area (Å²) in [5.41, 5.74) is 5.57. The average molecular weight is 266 g/mol. The average Bonchev–Trinajstić information content (AvgIpc) is 2.34. The summed E-state index contributed by atoms with van der Waals surface area (Å²) in [4.78, 5) is 41.0. The number of aliphatic carboxylic acids is 1. The van der Waals surface area contributed by atoms with Crippen molar-refractivity contribution in [3.05, 3.63) is 23.8 Å². The normalized spacial score (nSPS) is 11.6. The monoisotopic (exact) mass is 266 g/mol. The number of carboxylic acid groups (broad SMARTS) is 1. The molecule has 0 radical (unpaired) electrons. The molecule has 1 rings (SSSR count). The van der Waals surface area contributed by atoms with Crippen LogP contribution in [0, 0.1) is 6.92 Å². The summed E-state index contributed by atoms with van der Waals surface area (Å²) in [5.74, 6) is -2.46. The summed E-state index contributed by atoms with van der Waals surface area (Å²) in [6, 6.07) is -1.18. The predicted octanol–water partition coefficient (Wildman–Crippen LogP) is -0.766. The summed E-state index contributed by atoms with van der Waals surface area (Å²) in [5, 5.41) is 11.3. The minimum absolute atomic E-state index is 0.0663. The molecule has 0 saturated carbocycles. The van der Waals surface area contributed by atoms with Crippen LogP contribution in [0.5, 0.6) is 0 Å². The molecule has 0 bridgehead atoms. The Balaban J connectivity index is 2.74. The Kier molecular flexibility index (Phi) is 4.92. The van der Waals surface area contributed by atoms with Gasteiger partial charge in [-0.1, -0.05) is 0 Å². The van der Waals surface area contributed by atoms with Crippen molar-refractivity contribution in [2.24, 2.45) is 5.73 Å². The summed E-state index contributed by atoms with van der Waals surface area (Å²) in [7, 11) is 0. The maximum atomic E-state index is 11.9. The molecule has 8 heteroatoms. The van der Waals surface area contributed by atoms with E-state index in [-0.39, 0.29) is 18.4 Å². The number of primary amides is 1. The Morgan fingerprint density at radius 2 is 2.16 bits per heavy atom. The third kappa shape index (κ3) is 4.34. The first-order valence-electron chi connectivity index (χ1n) is 5.50. The van der Waals surface area contributed by atoms with Gasteiger partial charge in [-0.25, -0.2) is 14.8 Å². The van der Waals surface area contributed by atoms with Crippen LogP contribution in [0.2, 0.25) is 0 Å². The van der Waals surface area contributed by atoms with Crippen LogP contribution in [0.1, 0.15) is 28.9 Å². The first-order valence-corrected chi connectivity index (χ1v) is 5.50. The van der Waals surface area contributed by atoms with Crippen molar-refractivity contribution in [2.75, 3.05) is 0 Å². The molecular weight excluding hydrogens is 252 g/mol. The molecular formula is C11H14N4O4. The molecule has 0 spiro atoms. The van der Waals surface area contributed by atoms with Crippen molar-refractivity contribution < 1.29 is 19.5 Å². The smallest absolute Gasteiger partial charge is 0.326 e. The number of aryl methyl sites for hydroxylation is 1. The van der Waals surface area contributed by atoms with Gasteiger partial charge in [0.05, 0.1) is 11.3 Å². The Hall–Kier alpha value is -2.51. The van der Waals surface area contributed by atoms with Crippen LogP contribution >= 0.6 is 0 Å². The number of nitrogens with zero attached hydrogens (tertiary/aromatic N) is 2. The molecule has 0 unspecified atom stereocenters. The molecule has 1 atom stereocenters. The van der Waals surface area contributed by atoms with Crippen LogP contribution in [0.15, 0.2) is 12.5 Å². The van der Waals surface area contributed by atoms with Crippen LogP contribution in [0.25, 0.3) is 0 Å². The molecule has 2 amide bonds. The van der Waals surface area contributed by atoms with E-state index in [9.17, 15) is 14.4 Å². The van der Waals surface area contributed by atoms with E-state index in [1.54, 1.807) is 6.92 Å². The Labute approximate surface area is 109 Å². The minimum Gasteiger partial charge on any atom is -0.480 e. The number of carbonyl (C=O) groups excluding carboxylic acids is 2. The van der Waals surface area contributed by atoms with Crippen LogP contribution in [0.3, 0.4) is 0 Å². The van der Waals surface area contributed by atoms with Gasteiger partial charge in [-0.2, -0.15) is 0 Å². The molecule has 102 valence electrons. The topological polar surface area (TPSA) is 135 Å². The van der Waals surface area contributed by atoms with Crippen molar-refractivity contribution in [3.63, 3.8) is 0 Å². The first kappa shape index (κ1) is 14.6. The zero-order valence-electron chi connectivity index (χ0n) is 10.3. The highest BCUT2D eigenvalue weighted by atomic mass is 16.4. The third-order valence-electron chi connectivity index (χ3n) is 2.44. The van der Waals surface area contributed by atoms with E-state index in [1.807, 2.05) is 0 Å². The van der Waals surface area contributed by atoms with E-state index in [2.05, 4.69) is 15.3 Å². The highest BCUT2D eigenvalue weighted by Crippen LogP contribution is 2.04. The minimum atomic E-state index is -1.23. The summed E-state index contributed by atoms with van der Waals surface area (Å²) >= 11 is 0. The van der Waals surface area contributed by atoms with Gasteiger partial charge in [-0.05, 0) is 13.3 Å². The van der Waals surface area contributed by atoms with E-state index in [4.69, 9.17) is 10.8 Å². The van der Waals surface area contributed by atoms with Crippen LogP contribution < -0.4 is 11.1 Å². The zero-order valence-corrected chi connectivity index (χ0v) is 10.3. The molecule has 4 N–H and O–H groups in total. The number of aromatic nitrogens is 2. The fraction of sp³-hybridized carbons (Fsp3) is 0.364. The van der Waals surface area contributed by atoms with E-state index >= 15 is 0 Å². The highest BCUT2D eigenvalue weighted by Gasteiger charge is 2.22. The molecule has 8 nitrogen and oxygen atoms in total. The number of rotatable bonds is 6. The molecule has 0 aliphatic carbocycles. The lowest BCUT2D eigenvalue weighted by molar-refractivity contribution is -0.139. The molecule has 0 aliphatic rings. The zero-order chi connectivity index (χ0) is 14.4. The molecule has 1 aromatic rings. The lowest BCUT2D eigenvalue weighted by Crippen LogP contribution is -2.41. The van der Waals surface area contributed by atoms with Gasteiger partial charge < -0.3 is 16.2 Å². The van der Waals surface area contributed by atoms with Crippen molar-refractivity contribution in [1.82, 2.24) is 15.3 Å². The largest absolute Gasteiger partial charge is 0.480 e. The Morgan fingerprint density at radius 3 is 2.68 bits per heavy atom. The van der Waals surface area contributed by atoms with Gasteiger partial charge in [0.2, 0.25) is 5.91 Å². The van der Waals surface area contributed by atoms with Crippen molar-refractivity contribution in [2.45, 2.75) is 25.8 Å². The van der Waals surface area contributed by atoms with Crippen molar-refractivity contribution >= 4 is 17.8 Å². The van der Waals surface area contributed by atoms with E-state index in [1.165, 1.54) is 12.5 Å². The number of carbonyl (C=O) groups is 3. The van der Waals surface area contributed by atoms with Crippen molar-refractivity contribution in [1.29, 1.82) is 0 Å². The van der Waals surface area contributed by atoms with Gasteiger partial charge >= 0.3 is 5.97 Å². The van der Waals surface area contributed by atoms with Gasteiger partial charge in [0, 0.05) is 12.6 Å². The quantitative estimate of drug-likeness (QED) is 0.618. The number of nitrogens with two attached hydrogens (primary N) is 1. The second-order valence-electron chi connectivity index (χ2n) is 3.89. The molecule has 0 saturated heterocycles. The van der Waals surface area contributed by atoms with Crippen molar-refractivity contribution in [3.8, 4) is 0 Å². The van der Waals surface area contributed by atoms with E-state index in [0.29, 0.717) is 5.69 Å². The second-order valence-corrected chi connectivity index (χ2v) is 3.89. The van der Waals surface area contributed by atoms with Gasteiger partial charge in [-0.15, -0.1) is 0 Å². The molecule has 19 heavy (non-hydrogen) atoms. The number of amides is 2. The van der Waals surface area contributed by atoms with Crippen LogP contribution in [-0.2, 0) is 9.59 Å². The fourth-order valence-corrected chi connectivity index (χ4v) is 1.39. The maximum Gasteiger partial charge on any atom is 0.326 e. The number of carboxylic acids is 1. The molecule has 0 fully saturated rings. The number of nitrogens with one attached hydrogen (secondary N) is 1. The lowest BCUT2D eigenvalue weighted by atomic mass is 10.1. The second kappa shape index (κ2) is 6.43. The molecule has 1 aromatic heterocycles. The van der Waals surface area contributed by atoms with Gasteiger partial charge in [0.25, 0.3) is 5.91 Å². The highest BCUT2D eigenvalue weighted by molar-refractivity contribution is 5.97. The lowest BCUT2D eigenvalue weighted by Gasteiger charge is -2.14. The summed E-state index contributed by atoms with van der Waals surface area (Å²) < 4.78 is 0. The molecule has 0 aromatic carbocycles.